The molecule has 0 aliphatic rings. The SMILES string of the molecule is CCCCN(C)C(=NC)NCCCC(=O)OCC.I. The van der Waals surface area contributed by atoms with Gasteiger partial charge in [-0.15, -0.1) is 24.0 Å². The fourth-order valence-corrected chi connectivity index (χ4v) is 1.55. The molecule has 0 heterocycles. The molecule has 0 aromatic carbocycles. The molecule has 1 N–H and O–H groups in total. The fourth-order valence-electron chi connectivity index (χ4n) is 1.55. The molecule has 0 saturated heterocycles. The maximum atomic E-state index is 11.1. The van der Waals surface area contributed by atoms with Gasteiger partial charge in [-0.2, -0.15) is 0 Å². The molecule has 0 unspecified atom stereocenters. The van der Waals surface area contributed by atoms with Gasteiger partial charge in [-0.25, -0.2) is 0 Å². The van der Waals surface area contributed by atoms with Gasteiger partial charge in [0.05, 0.1) is 6.61 Å². The standard InChI is InChI=1S/C13H27N3O2.HI/c1-5-7-11-16(4)13(14-3)15-10-8-9-12(17)18-6-2;/h5-11H2,1-4H3,(H,14,15);1H. The summed E-state index contributed by atoms with van der Waals surface area (Å²) in [5.74, 6) is 0.751. The maximum absolute atomic E-state index is 11.1. The Morgan fingerprint density at radius 1 is 1.32 bits per heavy atom. The average Bonchev–Trinajstić information content (AvgIpc) is 2.36. The largest absolute Gasteiger partial charge is 0.466 e. The van der Waals surface area contributed by atoms with Crippen molar-refractivity contribution >= 4 is 35.9 Å². The summed E-state index contributed by atoms with van der Waals surface area (Å²) in [7, 11) is 3.80. The van der Waals surface area contributed by atoms with Gasteiger partial charge in [-0.3, -0.25) is 9.79 Å². The highest BCUT2D eigenvalue weighted by Gasteiger charge is 2.05. The van der Waals surface area contributed by atoms with Crippen LogP contribution in [-0.4, -0.2) is 50.6 Å². The Kier molecular flexibility index (Phi) is 15.2. The Bertz CT molecular complexity index is 260. The molecule has 0 amide bonds. The number of halogens is 1. The van der Waals surface area contributed by atoms with Crippen molar-refractivity contribution in [1.29, 1.82) is 0 Å². The van der Waals surface area contributed by atoms with Crippen LogP contribution in [0.2, 0.25) is 0 Å². The Morgan fingerprint density at radius 3 is 2.53 bits per heavy atom. The van der Waals surface area contributed by atoms with E-state index in [4.69, 9.17) is 4.74 Å². The molecule has 0 radical (unpaired) electrons. The number of hydrogen-bond donors (Lipinski definition) is 1. The molecule has 0 atom stereocenters. The second-order valence-corrected chi connectivity index (χ2v) is 4.16. The van der Waals surface area contributed by atoms with Gasteiger partial charge < -0.3 is 15.0 Å². The van der Waals surface area contributed by atoms with Crippen LogP contribution in [-0.2, 0) is 9.53 Å². The van der Waals surface area contributed by atoms with E-state index in [9.17, 15) is 4.79 Å². The molecular weight excluding hydrogens is 357 g/mol. The van der Waals surface area contributed by atoms with Gasteiger partial charge in [0.25, 0.3) is 0 Å². The summed E-state index contributed by atoms with van der Waals surface area (Å²) in [5, 5.41) is 3.24. The van der Waals surface area contributed by atoms with Gasteiger partial charge in [0.15, 0.2) is 5.96 Å². The summed E-state index contributed by atoms with van der Waals surface area (Å²) < 4.78 is 4.87. The molecule has 0 aromatic heterocycles. The lowest BCUT2D eigenvalue weighted by molar-refractivity contribution is -0.143. The molecular formula is C13H28IN3O2. The predicted octanol–water partition coefficient (Wildman–Crippen LogP) is 2.26. The quantitative estimate of drug-likeness (QED) is 0.229. The van der Waals surface area contributed by atoms with E-state index in [0.717, 1.165) is 31.9 Å². The number of guanidine groups is 1. The minimum absolute atomic E-state index is 0. The minimum Gasteiger partial charge on any atom is -0.466 e. The first-order chi connectivity index (χ1) is 8.65. The number of unbranched alkanes of at least 4 members (excludes halogenated alkanes) is 1. The van der Waals surface area contributed by atoms with E-state index in [-0.39, 0.29) is 29.9 Å². The van der Waals surface area contributed by atoms with Crippen LogP contribution in [0, 0.1) is 0 Å². The Hall–Kier alpha value is -0.530. The van der Waals surface area contributed by atoms with Gasteiger partial charge in [0.1, 0.15) is 0 Å². The van der Waals surface area contributed by atoms with Crippen molar-refractivity contribution in [2.75, 3.05) is 33.8 Å². The topological polar surface area (TPSA) is 53.9 Å². The van der Waals surface area contributed by atoms with Crippen molar-refractivity contribution in [2.24, 2.45) is 4.99 Å². The van der Waals surface area contributed by atoms with Gasteiger partial charge in [0, 0.05) is 33.6 Å². The number of aliphatic imine (C=N–C) groups is 1. The van der Waals surface area contributed by atoms with Crippen LogP contribution in [0.15, 0.2) is 4.99 Å². The molecule has 0 bridgehead atoms. The average molecular weight is 385 g/mol. The number of hydrogen-bond acceptors (Lipinski definition) is 3. The lowest BCUT2D eigenvalue weighted by Crippen LogP contribution is -2.39. The zero-order valence-corrected chi connectivity index (χ0v) is 14.9. The van der Waals surface area contributed by atoms with E-state index < -0.39 is 0 Å². The monoisotopic (exact) mass is 385 g/mol. The highest BCUT2D eigenvalue weighted by atomic mass is 127. The Labute approximate surface area is 134 Å². The van der Waals surface area contributed by atoms with Crippen LogP contribution in [0.4, 0.5) is 0 Å². The van der Waals surface area contributed by atoms with E-state index >= 15 is 0 Å². The molecule has 0 saturated carbocycles. The number of carbonyl (C=O) groups excluding carboxylic acids is 1. The van der Waals surface area contributed by atoms with Gasteiger partial charge in [-0.05, 0) is 19.8 Å². The summed E-state index contributed by atoms with van der Waals surface area (Å²) in [6.45, 7) is 6.17. The molecule has 0 spiro atoms. The first-order valence-corrected chi connectivity index (χ1v) is 6.73. The van der Waals surface area contributed by atoms with Gasteiger partial charge in [-0.1, -0.05) is 13.3 Å². The Morgan fingerprint density at radius 2 is 2.00 bits per heavy atom. The first kappa shape index (κ1) is 20.8. The summed E-state index contributed by atoms with van der Waals surface area (Å²) in [4.78, 5) is 17.5. The predicted molar refractivity (Wildman–Crippen MR) is 90.2 cm³/mol. The number of ether oxygens (including phenoxy) is 1. The van der Waals surface area contributed by atoms with Gasteiger partial charge >= 0.3 is 5.97 Å². The number of nitrogens with zero attached hydrogens (tertiary/aromatic N) is 2. The maximum Gasteiger partial charge on any atom is 0.305 e. The molecule has 0 aliphatic carbocycles. The van der Waals surface area contributed by atoms with Crippen molar-refractivity contribution in [2.45, 2.75) is 39.5 Å². The third kappa shape index (κ3) is 11.0. The van der Waals surface area contributed by atoms with Crippen molar-refractivity contribution in [3.63, 3.8) is 0 Å². The number of carbonyl (C=O) groups is 1. The van der Waals surface area contributed by atoms with Crippen molar-refractivity contribution in [3.8, 4) is 0 Å². The molecule has 6 heteroatoms. The number of esters is 1. The molecule has 0 aromatic rings. The van der Waals surface area contributed by atoms with E-state index in [1.54, 1.807) is 7.05 Å². The molecule has 0 rings (SSSR count). The van der Waals surface area contributed by atoms with E-state index in [2.05, 4.69) is 22.1 Å². The highest BCUT2D eigenvalue weighted by molar-refractivity contribution is 14.0. The lowest BCUT2D eigenvalue weighted by atomic mass is 10.3. The van der Waals surface area contributed by atoms with Crippen LogP contribution < -0.4 is 5.32 Å². The lowest BCUT2D eigenvalue weighted by Gasteiger charge is -2.21. The molecule has 5 nitrogen and oxygen atoms in total. The third-order valence-electron chi connectivity index (χ3n) is 2.57. The number of nitrogens with one attached hydrogen (secondary N) is 1. The van der Waals surface area contributed by atoms with Crippen molar-refractivity contribution < 1.29 is 9.53 Å². The van der Waals surface area contributed by atoms with E-state index in [1.807, 2.05) is 14.0 Å². The summed E-state index contributed by atoms with van der Waals surface area (Å²) in [6.07, 6.45) is 3.54. The van der Waals surface area contributed by atoms with Crippen LogP contribution in [0.25, 0.3) is 0 Å². The summed E-state index contributed by atoms with van der Waals surface area (Å²) in [6, 6.07) is 0. The molecule has 114 valence electrons. The summed E-state index contributed by atoms with van der Waals surface area (Å²) >= 11 is 0. The second-order valence-electron chi connectivity index (χ2n) is 4.16. The zero-order chi connectivity index (χ0) is 13.8. The molecule has 19 heavy (non-hydrogen) atoms. The van der Waals surface area contributed by atoms with Crippen molar-refractivity contribution in [1.82, 2.24) is 10.2 Å². The first-order valence-electron chi connectivity index (χ1n) is 6.73. The van der Waals surface area contributed by atoms with Crippen LogP contribution in [0.3, 0.4) is 0 Å². The van der Waals surface area contributed by atoms with Crippen molar-refractivity contribution in [3.05, 3.63) is 0 Å². The third-order valence-corrected chi connectivity index (χ3v) is 2.57. The fraction of sp³-hybridized carbons (Fsp3) is 0.846. The second kappa shape index (κ2) is 13.9. The smallest absolute Gasteiger partial charge is 0.305 e. The summed E-state index contributed by atoms with van der Waals surface area (Å²) in [5.41, 5.74) is 0. The number of rotatable bonds is 8. The minimum atomic E-state index is -0.131. The Balaban J connectivity index is 0. The van der Waals surface area contributed by atoms with E-state index in [0.29, 0.717) is 13.0 Å². The van der Waals surface area contributed by atoms with Crippen LogP contribution >= 0.6 is 24.0 Å². The zero-order valence-electron chi connectivity index (χ0n) is 12.6. The van der Waals surface area contributed by atoms with Crippen LogP contribution in [0.1, 0.15) is 39.5 Å². The van der Waals surface area contributed by atoms with Gasteiger partial charge in [0.2, 0.25) is 0 Å². The molecule has 0 aliphatic heterocycles. The highest BCUT2D eigenvalue weighted by Crippen LogP contribution is 1.95. The van der Waals surface area contributed by atoms with E-state index in [1.165, 1.54) is 6.42 Å². The molecule has 0 fully saturated rings. The normalized spacial score (nSPS) is 10.6. The van der Waals surface area contributed by atoms with Crippen LogP contribution in [0.5, 0.6) is 0 Å².